The molecular weight excluding hydrogens is 322 g/mol. The average Bonchev–Trinajstić information content (AvgIpc) is 2.55. The van der Waals surface area contributed by atoms with E-state index in [1.165, 1.54) is 18.5 Å². The van der Waals surface area contributed by atoms with Crippen molar-refractivity contribution in [3.63, 3.8) is 0 Å². The van der Waals surface area contributed by atoms with E-state index in [4.69, 9.17) is 14.6 Å². The van der Waals surface area contributed by atoms with Gasteiger partial charge in [0.15, 0.2) is 0 Å². The molecule has 1 saturated heterocycles. The van der Waals surface area contributed by atoms with Crippen molar-refractivity contribution in [1.29, 1.82) is 0 Å². The minimum atomic E-state index is -3.73. The van der Waals surface area contributed by atoms with E-state index in [0.717, 1.165) is 5.56 Å². The number of carbonyl (C=O) groups is 1. The Morgan fingerprint density at radius 1 is 1.30 bits per heavy atom. The van der Waals surface area contributed by atoms with Crippen molar-refractivity contribution in [3.8, 4) is 5.75 Å². The number of hydrogen-bond donors (Lipinski definition) is 1. The third-order valence-corrected chi connectivity index (χ3v) is 5.88. The molecule has 1 aliphatic heterocycles. The number of carboxylic acid groups (broad SMARTS) is 1. The molecule has 0 bridgehead atoms. The van der Waals surface area contributed by atoms with Crippen LogP contribution in [0.4, 0.5) is 0 Å². The zero-order chi connectivity index (χ0) is 17.0. The summed E-state index contributed by atoms with van der Waals surface area (Å²) >= 11 is 0. The Bertz CT molecular complexity index is 665. The second-order valence-electron chi connectivity index (χ2n) is 5.43. The highest BCUT2D eigenvalue weighted by atomic mass is 32.2. The number of benzene rings is 1. The van der Waals surface area contributed by atoms with Crippen LogP contribution >= 0.6 is 0 Å². The fraction of sp³-hybridized carbons (Fsp3) is 0.533. The molecule has 0 aliphatic carbocycles. The Labute approximate surface area is 135 Å². The number of ether oxygens (including phenoxy) is 2. The third kappa shape index (κ3) is 3.82. The summed E-state index contributed by atoms with van der Waals surface area (Å²) in [6.07, 6.45) is 0.628. The molecule has 1 heterocycles. The quantitative estimate of drug-likeness (QED) is 0.837. The zero-order valence-corrected chi connectivity index (χ0v) is 14.0. The van der Waals surface area contributed by atoms with E-state index < -0.39 is 21.9 Å². The number of methoxy groups -OCH3 is 2. The van der Waals surface area contributed by atoms with Gasteiger partial charge in [0.2, 0.25) is 10.0 Å². The molecule has 2 rings (SSSR count). The minimum absolute atomic E-state index is 0.0864. The smallest absolute Gasteiger partial charge is 0.306 e. The lowest BCUT2D eigenvalue weighted by Gasteiger charge is -2.29. The van der Waals surface area contributed by atoms with Gasteiger partial charge in [0.05, 0.1) is 19.6 Å². The van der Waals surface area contributed by atoms with E-state index in [0.29, 0.717) is 19.4 Å². The van der Waals surface area contributed by atoms with E-state index in [1.807, 2.05) is 0 Å². The molecule has 8 heteroatoms. The van der Waals surface area contributed by atoms with Crippen LogP contribution in [0.25, 0.3) is 0 Å². The number of piperidine rings is 1. The lowest BCUT2D eigenvalue weighted by Crippen LogP contribution is -2.40. The van der Waals surface area contributed by atoms with Crippen molar-refractivity contribution in [2.75, 3.05) is 27.3 Å². The molecule has 1 N–H and O–H groups in total. The highest BCUT2D eigenvalue weighted by Gasteiger charge is 2.33. The average molecular weight is 343 g/mol. The molecule has 0 spiro atoms. The van der Waals surface area contributed by atoms with Gasteiger partial charge in [0.25, 0.3) is 0 Å². The van der Waals surface area contributed by atoms with E-state index in [2.05, 4.69) is 0 Å². The van der Waals surface area contributed by atoms with Crippen molar-refractivity contribution in [2.45, 2.75) is 24.3 Å². The SMILES string of the molecule is COCc1ccc(OC)c(S(=O)(=O)N2CCC(C(=O)O)CC2)c1. The molecular formula is C15H21NO6S. The molecule has 0 aromatic heterocycles. The van der Waals surface area contributed by atoms with Crippen molar-refractivity contribution < 1.29 is 27.8 Å². The first-order valence-corrected chi connectivity index (χ1v) is 8.73. The molecule has 23 heavy (non-hydrogen) atoms. The van der Waals surface area contributed by atoms with Gasteiger partial charge in [-0.1, -0.05) is 6.07 Å². The summed E-state index contributed by atoms with van der Waals surface area (Å²) in [4.78, 5) is 11.1. The molecule has 1 aliphatic rings. The predicted octanol–water partition coefficient (Wildman–Crippen LogP) is 1.33. The summed E-state index contributed by atoms with van der Waals surface area (Å²) in [6, 6.07) is 4.89. The molecule has 1 aromatic rings. The maximum Gasteiger partial charge on any atom is 0.306 e. The van der Waals surface area contributed by atoms with Crippen LogP contribution in [0.5, 0.6) is 5.75 Å². The van der Waals surface area contributed by atoms with Crippen LogP contribution in [0.1, 0.15) is 18.4 Å². The van der Waals surface area contributed by atoms with Crippen LogP contribution in [0.3, 0.4) is 0 Å². The van der Waals surface area contributed by atoms with Gasteiger partial charge in [-0.2, -0.15) is 4.31 Å². The maximum atomic E-state index is 12.9. The van der Waals surface area contributed by atoms with Gasteiger partial charge < -0.3 is 14.6 Å². The Hall–Kier alpha value is -1.64. The first kappa shape index (κ1) is 17.7. The Kier molecular flexibility index (Phi) is 5.61. The van der Waals surface area contributed by atoms with E-state index in [-0.39, 0.29) is 23.7 Å². The molecule has 1 aromatic carbocycles. The van der Waals surface area contributed by atoms with Gasteiger partial charge in [-0.3, -0.25) is 4.79 Å². The second kappa shape index (κ2) is 7.29. The van der Waals surface area contributed by atoms with Crippen LogP contribution < -0.4 is 4.74 Å². The van der Waals surface area contributed by atoms with E-state index in [1.54, 1.807) is 18.2 Å². The number of sulfonamides is 1. The largest absolute Gasteiger partial charge is 0.495 e. The van der Waals surface area contributed by atoms with Crippen molar-refractivity contribution in [1.82, 2.24) is 4.31 Å². The van der Waals surface area contributed by atoms with Gasteiger partial charge in [-0.25, -0.2) is 8.42 Å². The standard InChI is InChI=1S/C15H21NO6S/c1-21-10-11-3-4-13(22-2)14(9-11)23(19,20)16-7-5-12(6-8-16)15(17)18/h3-4,9,12H,5-8,10H2,1-2H3,(H,17,18). The molecule has 0 atom stereocenters. The van der Waals surface area contributed by atoms with Crippen molar-refractivity contribution in [2.24, 2.45) is 5.92 Å². The number of hydrogen-bond acceptors (Lipinski definition) is 5. The minimum Gasteiger partial charge on any atom is -0.495 e. The van der Waals surface area contributed by atoms with Gasteiger partial charge in [0, 0.05) is 20.2 Å². The Balaban J connectivity index is 2.29. The van der Waals surface area contributed by atoms with Gasteiger partial charge in [-0.15, -0.1) is 0 Å². The fourth-order valence-electron chi connectivity index (χ4n) is 2.66. The lowest BCUT2D eigenvalue weighted by atomic mass is 9.99. The molecule has 128 valence electrons. The molecule has 0 amide bonds. The van der Waals surface area contributed by atoms with Crippen LogP contribution in [-0.4, -0.2) is 51.1 Å². The zero-order valence-electron chi connectivity index (χ0n) is 13.2. The summed E-state index contributed by atoms with van der Waals surface area (Å²) in [5.41, 5.74) is 0.729. The van der Waals surface area contributed by atoms with Crippen LogP contribution in [0, 0.1) is 5.92 Å². The Morgan fingerprint density at radius 3 is 2.48 bits per heavy atom. The highest BCUT2D eigenvalue weighted by Crippen LogP contribution is 2.30. The monoisotopic (exact) mass is 343 g/mol. The fourth-order valence-corrected chi connectivity index (χ4v) is 4.34. The summed E-state index contributed by atoms with van der Waals surface area (Å²) in [5.74, 6) is -1.09. The lowest BCUT2D eigenvalue weighted by molar-refractivity contribution is -0.142. The first-order chi connectivity index (χ1) is 10.9. The summed E-state index contributed by atoms with van der Waals surface area (Å²) < 4.78 is 37.3. The third-order valence-electron chi connectivity index (χ3n) is 3.96. The molecule has 0 saturated carbocycles. The molecule has 0 radical (unpaired) electrons. The normalized spacial score (nSPS) is 17.1. The van der Waals surface area contributed by atoms with Gasteiger partial charge >= 0.3 is 5.97 Å². The van der Waals surface area contributed by atoms with Crippen LogP contribution in [-0.2, 0) is 26.2 Å². The van der Waals surface area contributed by atoms with E-state index >= 15 is 0 Å². The predicted molar refractivity (Wildman–Crippen MR) is 82.8 cm³/mol. The molecule has 1 fully saturated rings. The van der Waals surface area contributed by atoms with Crippen molar-refractivity contribution >= 4 is 16.0 Å². The van der Waals surface area contributed by atoms with Gasteiger partial charge in [-0.05, 0) is 30.5 Å². The molecule has 7 nitrogen and oxygen atoms in total. The summed E-state index contributed by atoms with van der Waals surface area (Å²) in [5, 5.41) is 9.02. The van der Waals surface area contributed by atoms with Crippen LogP contribution in [0.2, 0.25) is 0 Å². The van der Waals surface area contributed by atoms with E-state index in [9.17, 15) is 13.2 Å². The summed E-state index contributed by atoms with van der Waals surface area (Å²) in [7, 11) is -0.780. The van der Waals surface area contributed by atoms with Gasteiger partial charge in [0.1, 0.15) is 10.6 Å². The number of carboxylic acids is 1. The number of rotatable bonds is 6. The van der Waals surface area contributed by atoms with Crippen molar-refractivity contribution in [3.05, 3.63) is 23.8 Å². The molecule has 0 unspecified atom stereocenters. The number of aliphatic carboxylic acids is 1. The Morgan fingerprint density at radius 2 is 1.96 bits per heavy atom. The van der Waals surface area contributed by atoms with Crippen LogP contribution in [0.15, 0.2) is 23.1 Å². The highest BCUT2D eigenvalue weighted by molar-refractivity contribution is 7.89. The second-order valence-corrected chi connectivity index (χ2v) is 7.34. The summed E-state index contributed by atoms with van der Waals surface area (Å²) in [6.45, 7) is 0.682. The first-order valence-electron chi connectivity index (χ1n) is 7.29. The maximum absolute atomic E-state index is 12.9. The topological polar surface area (TPSA) is 93.1 Å². The number of nitrogens with zero attached hydrogens (tertiary/aromatic N) is 1.